The van der Waals surface area contributed by atoms with E-state index in [0.717, 1.165) is 72.1 Å². The van der Waals surface area contributed by atoms with E-state index in [9.17, 15) is 52.7 Å². The van der Waals surface area contributed by atoms with E-state index in [2.05, 4.69) is 0 Å². The largest absolute Gasteiger partial charge is 0.416 e. The minimum absolute atomic E-state index is 0.290. The van der Waals surface area contributed by atoms with E-state index in [1.54, 1.807) is 23.6 Å². The Hall–Kier alpha value is -3.66. The summed E-state index contributed by atoms with van der Waals surface area (Å²) >= 11 is 1.84. The maximum absolute atomic E-state index is 12.9. The molecule has 0 atom stereocenters. The maximum Gasteiger partial charge on any atom is 0.416 e. The molecular formula is C32H22F12N2S2. The molecule has 4 aromatic carbocycles. The van der Waals surface area contributed by atoms with Gasteiger partial charge >= 0.3 is 24.7 Å². The Morgan fingerprint density at radius 3 is 0.771 bits per heavy atom. The molecule has 256 valence electrons. The SMILES string of the molecule is CCN1c2ccc(C(F)(F)F)cc2Sc2cc(C(F)(F)F)ccc21.CCN1c2ccc(C(F)(F)F)cc2Sc2cc(C(F)(F)F)ccc21. The van der Waals surface area contributed by atoms with Crippen LogP contribution in [0.2, 0.25) is 0 Å². The molecule has 0 bridgehead atoms. The highest BCUT2D eigenvalue weighted by Gasteiger charge is 2.37. The van der Waals surface area contributed by atoms with Crippen molar-refractivity contribution in [1.82, 2.24) is 0 Å². The van der Waals surface area contributed by atoms with Crippen molar-refractivity contribution in [2.75, 3.05) is 22.9 Å². The summed E-state index contributed by atoms with van der Waals surface area (Å²) in [6.45, 7) is 4.44. The molecule has 2 aliphatic rings. The van der Waals surface area contributed by atoms with Crippen molar-refractivity contribution in [3.8, 4) is 0 Å². The molecule has 0 fully saturated rings. The molecule has 2 heterocycles. The first kappa shape index (κ1) is 35.6. The predicted molar refractivity (Wildman–Crippen MR) is 159 cm³/mol. The maximum atomic E-state index is 12.9. The van der Waals surface area contributed by atoms with Gasteiger partial charge < -0.3 is 9.80 Å². The zero-order chi connectivity index (χ0) is 35.4. The summed E-state index contributed by atoms with van der Waals surface area (Å²) in [5.74, 6) is 0. The molecule has 0 aliphatic carbocycles. The fraction of sp³-hybridized carbons (Fsp3) is 0.250. The number of hydrogen-bond acceptors (Lipinski definition) is 4. The van der Waals surface area contributed by atoms with Gasteiger partial charge in [0.25, 0.3) is 0 Å². The Morgan fingerprint density at radius 2 is 0.604 bits per heavy atom. The smallest absolute Gasteiger partial charge is 0.340 e. The van der Waals surface area contributed by atoms with Crippen LogP contribution in [0.15, 0.2) is 92.4 Å². The fourth-order valence-electron chi connectivity index (χ4n) is 5.16. The number of alkyl halides is 12. The van der Waals surface area contributed by atoms with Gasteiger partial charge in [0.15, 0.2) is 0 Å². The van der Waals surface area contributed by atoms with E-state index in [4.69, 9.17) is 0 Å². The van der Waals surface area contributed by atoms with Crippen LogP contribution in [-0.2, 0) is 24.7 Å². The third kappa shape index (κ3) is 7.19. The molecule has 4 aromatic rings. The third-order valence-corrected chi connectivity index (χ3v) is 9.57. The number of anilines is 4. The van der Waals surface area contributed by atoms with E-state index in [1.807, 2.05) is 0 Å². The number of benzene rings is 4. The summed E-state index contributed by atoms with van der Waals surface area (Å²) in [5.41, 5.74) is -1.04. The van der Waals surface area contributed by atoms with Gasteiger partial charge in [0.05, 0.1) is 45.0 Å². The lowest BCUT2D eigenvalue weighted by atomic mass is 10.1. The highest BCUT2D eigenvalue weighted by atomic mass is 32.2. The first-order valence-electron chi connectivity index (χ1n) is 14.0. The Kier molecular flexibility index (Phi) is 9.40. The predicted octanol–water partition coefficient (Wildman–Crippen LogP) is 12.7. The van der Waals surface area contributed by atoms with Crippen LogP contribution in [0.25, 0.3) is 0 Å². The van der Waals surface area contributed by atoms with Gasteiger partial charge in [-0.25, -0.2) is 0 Å². The normalized spacial score (nSPS) is 14.4. The minimum atomic E-state index is -4.50. The zero-order valence-corrected chi connectivity index (χ0v) is 26.2. The number of fused-ring (bicyclic) bond motifs is 4. The molecule has 2 aliphatic heterocycles. The highest BCUT2D eigenvalue weighted by molar-refractivity contribution is 8.00. The van der Waals surface area contributed by atoms with Crippen LogP contribution >= 0.6 is 23.5 Å². The summed E-state index contributed by atoms with van der Waals surface area (Å²) in [5, 5.41) is 0. The molecule has 0 saturated heterocycles. The number of hydrogen-bond donors (Lipinski definition) is 0. The van der Waals surface area contributed by atoms with Crippen LogP contribution in [0.4, 0.5) is 75.4 Å². The number of rotatable bonds is 2. The average molecular weight is 727 g/mol. The van der Waals surface area contributed by atoms with E-state index in [1.165, 1.54) is 24.3 Å². The van der Waals surface area contributed by atoms with Gasteiger partial charge in [0, 0.05) is 32.7 Å². The van der Waals surface area contributed by atoms with E-state index >= 15 is 0 Å². The van der Waals surface area contributed by atoms with Crippen molar-refractivity contribution in [3.63, 3.8) is 0 Å². The highest BCUT2D eigenvalue weighted by Crippen LogP contribution is 2.52. The second kappa shape index (κ2) is 12.7. The summed E-state index contributed by atoms with van der Waals surface area (Å²) in [4.78, 5) is 4.58. The molecule has 6 rings (SSSR count). The van der Waals surface area contributed by atoms with Crippen molar-refractivity contribution < 1.29 is 52.7 Å². The number of nitrogens with zero attached hydrogens (tertiary/aromatic N) is 2. The topological polar surface area (TPSA) is 6.48 Å². The van der Waals surface area contributed by atoms with Gasteiger partial charge in [0.1, 0.15) is 0 Å². The standard InChI is InChI=1S/2C16H11F6NS/c2*1-2-23-11-5-3-9(15(17,18)19)7-13(11)24-14-8-10(16(20,21)22)4-6-12(14)23/h2*3-8H,2H2,1H3. The van der Waals surface area contributed by atoms with Crippen molar-refractivity contribution in [2.45, 2.75) is 58.1 Å². The molecule has 0 unspecified atom stereocenters. The van der Waals surface area contributed by atoms with Crippen molar-refractivity contribution in [3.05, 3.63) is 95.1 Å². The monoisotopic (exact) mass is 726 g/mol. The fourth-order valence-corrected chi connectivity index (χ4v) is 7.51. The van der Waals surface area contributed by atoms with E-state index < -0.39 is 47.0 Å². The molecule has 48 heavy (non-hydrogen) atoms. The van der Waals surface area contributed by atoms with Crippen molar-refractivity contribution >= 4 is 46.3 Å². The lowest BCUT2D eigenvalue weighted by Crippen LogP contribution is -2.21. The zero-order valence-electron chi connectivity index (χ0n) is 24.6. The molecule has 0 N–H and O–H groups in total. The second-order valence-corrected chi connectivity index (χ2v) is 12.6. The van der Waals surface area contributed by atoms with Gasteiger partial charge in [-0.05, 0) is 86.6 Å². The van der Waals surface area contributed by atoms with Crippen LogP contribution in [0.3, 0.4) is 0 Å². The molecule has 2 nitrogen and oxygen atoms in total. The molecule has 0 amide bonds. The van der Waals surface area contributed by atoms with Crippen LogP contribution in [0.5, 0.6) is 0 Å². The van der Waals surface area contributed by atoms with Crippen LogP contribution < -0.4 is 9.80 Å². The molecule has 16 heteroatoms. The summed E-state index contributed by atoms with van der Waals surface area (Å²) in [6, 6.07) is 13.3. The van der Waals surface area contributed by atoms with Crippen molar-refractivity contribution in [1.29, 1.82) is 0 Å². The van der Waals surface area contributed by atoms with E-state index in [-0.39, 0.29) is 0 Å². The first-order valence-corrected chi connectivity index (χ1v) is 15.6. The number of halogens is 12. The van der Waals surface area contributed by atoms with Gasteiger partial charge in [0.2, 0.25) is 0 Å². The van der Waals surface area contributed by atoms with Crippen LogP contribution in [-0.4, -0.2) is 13.1 Å². The minimum Gasteiger partial charge on any atom is -0.340 e. The van der Waals surface area contributed by atoms with Crippen molar-refractivity contribution in [2.24, 2.45) is 0 Å². The summed E-state index contributed by atoms with van der Waals surface area (Å²) in [7, 11) is 0. The average Bonchev–Trinajstić information content (AvgIpc) is 2.99. The van der Waals surface area contributed by atoms with Gasteiger partial charge in [-0.3, -0.25) is 0 Å². The Labute approximate surface area is 274 Å². The summed E-state index contributed by atoms with van der Waals surface area (Å²) < 4.78 is 155. The van der Waals surface area contributed by atoms with Gasteiger partial charge in [-0.2, -0.15) is 52.7 Å². The molecule has 0 spiro atoms. The quantitative estimate of drug-likeness (QED) is 0.190. The van der Waals surface area contributed by atoms with Crippen LogP contribution in [0.1, 0.15) is 36.1 Å². The van der Waals surface area contributed by atoms with E-state index in [0.29, 0.717) is 55.4 Å². The first-order chi connectivity index (χ1) is 22.2. The molecular weight excluding hydrogens is 704 g/mol. The van der Waals surface area contributed by atoms with Crippen LogP contribution in [0, 0.1) is 0 Å². The Balaban J connectivity index is 0.000000188. The lowest BCUT2D eigenvalue weighted by Gasteiger charge is -2.32. The molecule has 0 radical (unpaired) electrons. The second-order valence-electron chi connectivity index (χ2n) is 10.4. The van der Waals surface area contributed by atoms with Gasteiger partial charge in [-0.15, -0.1) is 0 Å². The molecule has 0 saturated carbocycles. The van der Waals surface area contributed by atoms with Gasteiger partial charge in [-0.1, -0.05) is 23.5 Å². The lowest BCUT2D eigenvalue weighted by molar-refractivity contribution is -0.138. The molecule has 0 aromatic heterocycles. The summed E-state index contributed by atoms with van der Waals surface area (Å²) in [6.07, 6.45) is -18.0. The third-order valence-electron chi connectivity index (χ3n) is 7.38. The Morgan fingerprint density at radius 1 is 0.396 bits per heavy atom. The Bertz CT molecular complexity index is 1570.